The number of hydrogen-bond donors (Lipinski definition) is 0. The minimum absolute atomic E-state index is 0.123. The number of rotatable bonds is 5. The monoisotopic (exact) mass is 656 g/mol. The van der Waals surface area contributed by atoms with Crippen LogP contribution in [0.1, 0.15) is 20.6 Å². The van der Waals surface area contributed by atoms with E-state index in [1.54, 1.807) is 30.3 Å². The highest BCUT2D eigenvalue weighted by molar-refractivity contribution is 6.11. The van der Waals surface area contributed by atoms with E-state index >= 15 is 0 Å². The number of furan rings is 2. The van der Waals surface area contributed by atoms with Crippen molar-refractivity contribution in [2.24, 2.45) is 0 Å². The van der Waals surface area contributed by atoms with Crippen molar-refractivity contribution < 1.29 is 29.4 Å². The van der Waals surface area contributed by atoms with Crippen molar-refractivity contribution in [1.29, 1.82) is 0 Å². The highest BCUT2D eigenvalue weighted by Gasteiger charge is 2.19. The summed E-state index contributed by atoms with van der Waals surface area (Å²) in [6, 6.07) is 11.0. The zero-order chi connectivity index (χ0) is 46.1. The fraction of sp³-hybridized carbons (Fsp3) is 0. The van der Waals surface area contributed by atoms with Crippen LogP contribution in [0, 0.1) is 0 Å². The molecule has 0 aliphatic rings. The van der Waals surface area contributed by atoms with E-state index in [0.29, 0.717) is 22.3 Å². The Morgan fingerprint density at radius 2 is 1.04 bits per heavy atom. The predicted octanol–water partition coefficient (Wildman–Crippen LogP) is 12.0. The molecule has 0 unspecified atom stereocenters. The molecular formula is C45H27N3O2. The summed E-state index contributed by atoms with van der Waals surface area (Å²) in [4.78, 5) is 14.3. The van der Waals surface area contributed by atoms with Gasteiger partial charge in [-0.05, 0) is 40.9 Å². The smallest absolute Gasteiger partial charge is 0.167 e. The van der Waals surface area contributed by atoms with Crippen LogP contribution in [0.2, 0.25) is 0 Å². The summed E-state index contributed by atoms with van der Waals surface area (Å²) in [7, 11) is 0. The van der Waals surface area contributed by atoms with Crippen molar-refractivity contribution in [3.63, 3.8) is 0 Å². The van der Waals surface area contributed by atoms with Gasteiger partial charge in [-0.15, -0.1) is 0 Å². The standard InChI is InChI=1S/C45H27N3O2/c1-3-11-28(12-4-1)29-21-23-30(24-22-29)33-16-9-17-37-35-26-25-32(27-40(35)50-41(33)37)44-46-43(31-13-5-2-6-14-31)47-45(48-44)38-19-10-18-36-34-15-7-8-20-39(34)49-42(36)38/h1-27H/i1D,3D,4D,9D,11D,12D,16D,17D,21D,22D,23D,24D,25D,26D,27D. The Morgan fingerprint density at radius 1 is 0.380 bits per heavy atom. The lowest BCUT2D eigenvalue weighted by Crippen LogP contribution is -2.00. The van der Waals surface area contributed by atoms with Crippen LogP contribution < -0.4 is 0 Å². The SMILES string of the molecule is [2H]c1c([2H])c([2H])c(-c2c([2H])c([2H])c(-c3c([2H])c([2H])c([2H])c4c3oc3c([2H])c(-c5nc(-c6ccccc6)nc(-c6cccc7c6oc6ccccc67)n5)c([2H])c([2H])c34)c([2H])c2[2H])c([2H])c1[2H]. The van der Waals surface area contributed by atoms with Crippen LogP contribution in [0.15, 0.2) is 172 Å². The first kappa shape index (κ1) is 17.0. The Kier molecular flexibility index (Phi) is 3.87. The van der Waals surface area contributed by atoms with Gasteiger partial charge in [0.2, 0.25) is 0 Å². The van der Waals surface area contributed by atoms with Gasteiger partial charge in [-0.25, -0.2) is 15.0 Å². The highest BCUT2D eigenvalue weighted by Crippen LogP contribution is 2.39. The third-order valence-electron chi connectivity index (χ3n) is 8.22. The second-order valence-corrected chi connectivity index (χ2v) is 11.2. The van der Waals surface area contributed by atoms with Crippen molar-refractivity contribution in [2.75, 3.05) is 0 Å². The molecule has 234 valence electrons. The number of benzene rings is 7. The molecule has 0 fully saturated rings. The van der Waals surface area contributed by atoms with Gasteiger partial charge >= 0.3 is 0 Å². The van der Waals surface area contributed by atoms with Crippen LogP contribution in [0.4, 0.5) is 0 Å². The molecule has 0 aliphatic heterocycles. The largest absolute Gasteiger partial charge is 0.455 e. The van der Waals surface area contributed by atoms with Crippen LogP contribution in [0.25, 0.3) is 100 Å². The normalized spacial score (nSPS) is 15.8. The Morgan fingerprint density at radius 3 is 1.90 bits per heavy atom. The van der Waals surface area contributed by atoms with Crippen molar-refractivity contribution in [1.82, 2.24) is 15.0 Å². The average Bonchev–Trinajstić information content (AvgIpc) is 3.90. The maximum absolute atomic E-state index is 9.54. The molecule has 0 bridgehead atoms. The second kappa shape index (κ2) is 11.4. The molecule has 7 aromatic carbocycles. The van der Waals surface area contributed by atoms with E-state index in [1.165, 1.54) is 0 Å². The van der Waals surface area contributed by atoms with Gasteiger partial charge in [0.05, 0.1) is 26.1 Å². The number of para-hydroxylation sites is 3. The third kappa shape index (κ3) is 4.67. The summed E-state index contributed by atoms with van der Waals surface area (Å²) >= 11 is 0. The lowest BCUT2D eigenvalue weighted by atomic mass is 9.99. The molecule has 3 aromatic heterocycles. The minimum atomic E-state index is -0.832. The molecule has 0 spiro atoms. The van der Waals surface area contributed by atoms with Crippen LogP contribution in [0.3, 0.4) is 0 Å². The van der Waals surface area contributed by atoms with Gasteiger partial charge in [-0.2, -0.15) is 0 Å². The van der Waals surface area contributed by atoms with E-state index in [9.17, 15) is 4.11 Å². The quantitative estimate of drug-likeness (QED) is 0.184. The van der Waals surface area contributed by atoms with E-state index in [2.05, 4.69) is 0 Å². The average molecular weight is 657 g/mol. The van der Waals surface area contributed by atoms with E-state index in [0.717, 1.165) is 10.8 Å². The van der Waals surface area contributed by atoms with Crippen LogP contribution >= 0.6 is 0 Å². The van der Waals surface area contributed by atoms with E-state index in [1.807, 2.05) is 42.5 Å². The molecule has 0 atom stereocenters. The third-order valence-corrected chi connectivity index (χ3v) is 8.22. The van der Waals surface area contributed by atoms with Gasteiger partial charge in [0.1, 0.15) is 22.3 Å². The van der Waals surface area contributed by atoms with Gasteiger partial charge in [0, 0.05) is 38.2 Å². The Labute approximate surface area is 308 Å². The van der Waals surface area contributed by atoms with Crippen molar-refractivity contribution in [2.45, 2.75) is 0 Å². The maximum atomic E-state index is 9.54. The summed E-state index contributed by atoms with van der Waals surface area (Å²) in [5, 5.41) is 1.07. The fourth-order valence-electron chi connectivity index (χ4n) is 5.89. The summed E-state index contributed by atoms with van der Waals surface area (Å²) in [6.45, 7) is 0. The van der Waals surface area contributed by atoms with Crippen molar-refractivity contribution >= 4 is 43.9 Å². The zero-order valence-electron chi connectivity index (χ0n) is 40.6. The molecule has 0 saturated carbocycles. The molecular weight excluding hydrogens is 615 g/mol. The van der Waals surface area contributed by atoms with E-state index in [-0.39, 0.29) is 39.4 Å². The lowest BCUT2D eigenvalue weighted by molar-refractivity contribution is 0.669. The molecule has 0 N–H and O–H groups in total. The first-order valence-electron chi connectivity index (χ1n) is 22.9. The van der Waals surface area contributed by atoms with Crippen molar-refractivity contribution in [3.8, 4) is 56.4 Å². The Hall–Kier alpha value is -6.85. The molecule has 0 saturated heterocycles. The molecule has 5 heteroatoms. The molecule has 0 radical (unpaired) electrons. The lowest BCUT2D eigenvalue weighted by Gasteiger charge is -2.08. The van der Waals surface area contributed by atoms with Crippen molar-refractivity contribution in [3.05, 3.63) is 163 Å². The van der Waals surface area contributed by atoms with Gasteiger partial charge in [-0.1, -0.05) is 139 Å². The summed E-state index contributed by atoms with van der Waals surface area (Å²) < 4.78 is 145. The summed E-state index contributed by atoms with van der Waals surface area (Å²) in [5.74, 6) is 0.0966. The first-order valence-corrected chi connectivity index (χ1v) is 15.4. The molecule has 10 aromatic rings. The Balaban J connectivity index is 1.25. The van der Waals surface area contributed by atoms with Crippen LogP contribution in [-0.2, 0) is 0 Å². The first-order chi connectivity index (χ1) is 31.0. The molecule has 3 heterocycles. The number of fused-ring (bicyclic) bond motifs is 6. The van der Waals surface area contributed by atoms with E-state index in [4.69, 9.17) is 40.2 Å². The fourth-order valence-corrected chi connectivity index (χ4v) is 5.89. The molecule has 50 heavy (non-hydrogen) atoms. The van der Waals surface area contributed by atoms with Gasteiger partial charge in [0.15, 0.2) is 17.5 Å². The number of nitrogens with zero attached hydrogens (tertiary/aromatic N) is 3. The zero-order valence-corrected chi connectivity index (χ0v) is 25.6. The van der Waals surface area contributed by atoms with Gasteiger partial charge < -0.3 is 8.83 Å². The van der Waals surface area contributed by atoms with E-state index < -0.39 is 118 Å². The number of hydrogen-bond acceptors (Lipinski definition) is 5. The predicted molar refractivity (Wildman–Crippen MR) is 202 cm³/mol. The molecule has 10 rings (SSSR count). The Bertz CT molecular complexity index is 3680. The molecule has 5 nitrogen and oxygen atoms in total. The van der Waals surface area contributed by atoms with Gasteiger partial charge in [-0.3, -0.25) is 0 Å². The highest BCUT2D eigenvalue weighted by atomic mass is 16.3. The van der Waals surface area contributed by atoms with Gasteiger partial charge in [0.25, 0.3) is 0 Å². The van der Waals surface area contributed by atoms with Crippen LogP contribution in [0.5, 0.6) is 0 Å². The summed E-state index contributed by atoms with van der Waals surface area (Å²) in [6.07, 6.45) is 0. The van der Waals surface area contributed by atoms with Crippen LogP contribution in [-0.4, -0.2) is 15.0 Å². The molecule has 0 amide bonds. The molecule has 0 aliphatic carbocycles. The topological polar surface area (TPSA) is 65.0 Å². The number of aromatic nitrogens is 3. The maximum Gasteiger partial charge on any atom is 0.167 e. The minimum Gasteiger partial charge on any atom is -0.455 e. The summed E-state index contributed by atoms with van der Waals surface area (Å²) in [5.41, 5.74) is -1.23. The second-order valence-electron chi connectivity index (χ2n) is 11.2.